The Labute approximate surface area is 125 Å². The predicted octanol–water partition coefficient (Wildman–Crippen LogP) is 4.18. The lowest BCUT2D eigenvalue weighted by atomic mass is 10.1. The van der Waals surface area contributed by atoms with Crippen LogP contribution in [0.25, 0.3) is 11.3 Å². The highest BCUT2D eigenvalue weighted by molar-refractivity contribution is 7.12. The third kappa shape index (κ3) is 3.28. The highest BCUT2D eigenvalue weighted by Crippen LogP contribution is 2.29. The minimum Gasteiger partial charge on any atom is -0.310 e. The van der Waals surface area contributed by atoms with E-state index in [1.54, 1.807) is 0 Å². The Morgan fingerprint density at radius 2 is 2.00 bits per heavy atom. The van der Waals surface area contributed by atoms with Gasteiger partial charge in [-0.15, -0.1) is 11.3 Å². The van der Waals surface area contributed by atoms with Gasteiger partial charge in [0.1, 0.15) is 5.01 Å². The Morgan fingerprint density at radius 3 is 2.65 bits per heavy atom. The molecular weight excluding hydrogens is 264 g/mol. The topological polar surface area (TPSA) is 24.9 Å². The molecular formula is C17H22N2S. The Hall–Kier alpha value is -1.19. The first-order valence-electron chi connectivity index (χ1n) is 7.52. The van der Waals surface area contributed by atoms with Gasteiger partial charge >= 0.3 is 0 Å². The molecule has 2 nitrogen and oxygen atoms in total. The highest BCUT2D eigenvalue weighted by atomic mass is 32.1. The van der Waals surface area contributed by atoms with Crippen LogP contribution >= 0.6 is 11.3 Å². The summed E-state index contributed by atoms with van der Waals surface area (Å²) >= 11 is 1.82. The third-order valence-corrected chi connectivity index (χ3v) is 4.85. The summed E-state index contributed by atoms with van der Waals surface area (Å²) in [7, 11) is 0. The summed E-state index contributed by atoms with van der Waals surface area (Å²) in [6.07, 6.45) is 3.89. The van der Waals surface area contributed by atoms with Gasteiger partial charge in [-0.3, -0.25) is 0 Å². The normalized spacial score (nSPS) is 14.7. The maximum absolute atomic E-state index is 4.81. The zero-order valence-electron chi connectivity index (χ0n) is 12.3. The monoisotopic (exact) mass is 286 g/mol. The summed E-state index contributed by atoms with van der Waals surface area (Å²) in [6, 6.07) is 8.81. The molecule has 20 heavy (non-hydrogen) atoms. The van der Waals surface area contributed by atoms with E-state index in [1.807, 2.05) is 11.3 Å². The smallest absolute Gasteiger partial charge is 0.107 e. The minimum absolute atomic E-state index is 0.912. The highest BCUT2D eigenvalue weighted by Gasteiger charge is 2.20. The number of benzene rings is 1. The number of rotatable bonds is 6. The summed E-state index contributed by atoms with van der Waals surface area (Å²) < 4.78 is 0. The zero-order valence-corrected chi connectivity index (χ0v) is 13.1. The van der Waals surface area contributed by atoms with Gasteiger partial charge in [-0.1, -0.05) is 31.2 Å². The number of hydrogen-bond acceptors (Lipinski definition) is 3. The minimum atomic E-state index is 0.912. The van der Waals surface area contributed by atoms with E-state index in [0.29, 0.717) is 0 Å². The van der Waals surface area contributed by atoms with E-state index in [-0.39, 0.29) is 0 Å². The summed E-state index contributed by atoms with van der Waals surface area (Å²) in [5, 5.41) is 4.73. The number of aryl methyl sites for hydroxylation is 2. The Balaban J connectivity index is 1.69. The molecule has 1 fully saturated rings. The molecule has 1 aliphatic rings. The summed E-state index contributed by atoms with van der Waals surface area (Å²) in [5.41, 5.74) is 3.78. The lowest BCUT2D eigenvalue weighted by Gasteiger charge is -2.01. The van der Waals surface area contributed by atoms with Gasteiger partial charge in [0.25, 0.3) is 0 Å². The number of hydrogen-bond donors (Lipinski definition) is 1. The van der Waals surface area contributed by atoms with Gasteiger partial charge in [-0.05, 0) is 44.2 Å². The van der Waals surface area contributed by atoms with Crippen LogP contribution in [-0.4, -0.2) is 11.5 Å². The van der Waals surface area contributed by atoms with Crippen molar-refractivity contribution in [3.63, 3.8) is 0 Å². The van der Waals surface area contributed by atoms with Gasteiger partial charge in [0.05, 0.1) is 5.69 Å². The standard InChI is InChI=1S/C17H22N2S/c1-3-13-6-8-15(9-7-13)17-12(2)20-16(19-17)11-18-10-14-4-5-14/h6-9,14,18H,3-5,10-11H2,1-2H3. The number of aromatic nitrogens is 1. The van der Waals surface area contributed by atoms with Crippen molar-refractivity contribution in [2.24, 2.45) is 5.92 Å². The molecule has 2 aromatic rings. The molecule has 0 amide bonds. The maximum atomic E-state index is 4.81. The van der Waals surface area contributed by atoms with Crippen LogP contribution in [0.3, 0.4) is 0 Å². The van der Waals surface area contributed by atoms with E-state index < -0.39 is 0 Å². The molecule has 1 N–H and O–H groups in total. The van der Waals surface area contributed by atoms with Crippen LogP contribution in [0.4, 0.5) is 0 Å². The second-order valence-corrected chi connectivity index (χ2v) is 6.92. The fourth-order valence-electron chi connectivity index (χ4n) is 2.40. The Bertz CT molecular complexity index is 567. The van der Waals surface area contributed by atoms with Crippen molar-refractivity contribution in [2.45, 2.75) is 39.7 Å². The second-order valence-electron chi connectivity index (χ2n) is 5.64. The van der Waals surface area contributed by atoms with E-state index in [4.69, 9.17) is 4.98 Å². The van der Waals surface area contributed by atoms with E-state index in [9.17, 15) is 0 Å². The van der Waals surface area contributed by atoms with Gasteiger partial charge in [0, 0.05) is 17.0 Å². The van der Waals surface area contributed by atoms with E-state index in [2.05, 4.69) is 43.4 Å². The second kappa shape index (κ2) is 6.06. The molecule has 3 rings (SSSR count). The van der Waals surface area contributed by atoms with Gasteiger partial charge in [0.2, 0.25) is 0 Å². The number of nitrogens with zero attached hydrogens (tertiary/aromatic N) is 1. The maximum Gasteiger partial charge on any atom is 0.107 e. The molecule has 1 aromatic heterocycles. The lowest BCUT2D eigenvalue weighted by Crippen LogP contribution is -2.15. The molecule has 1 aromatic carbocycles. The molecule has 106 valence electrons. The van der Waals surface area contributed by atoms with Crippen LogP contribution < -0.4 is 5.32 Å². The largest absolute Gasteiger partial charge is 0.310 e. The molecule has 1 saturated carbocycles. The molecule has 0 unspecified atom stereocenters. The third-order valence-electron chi connectivity index (χ3n) is 3.88. The van der Waals surface area contributed by atoms with Crippen molar-refractivity contribution in [3.8, 4) is 11.3 Å². The van der Waals surface area contributed by atoms with Crippen molar-refractivity contribution in [1.29, 1.82) is 0 Å². The fourth-order valence-corrected chi connectivity index (χ4v) is 3.32. The number of thiazole rings is 1. The average molecular weight is 286 g/mol. The summed E-state index contributed by atoms with van der Waals surface area (Å²) in [6.45, 7) is 6.42. The molecule has 0 bridgehead atoms. The van der Waals surface area contributed by atoms with Crippen LogP contribution in [0.15, 0.2) is 24.3 Å². The summed E-state index contributed by atoms with van der Waals surface area (Å²) in [4.78, 5) is 6.13. The van der Waals surface area contributed by atoms with Crippen molar-refractivity contribution in [3.05, 3.63) is 39.7 Å². The van der Waals surface area contributed by atoms with E-state index >= 15 is 0 Å². The van der Waals surface area contributed by atoms with E-state index in [1.165, 1.54) is 33.9 Å². The SMILES string of the molecule is CCc1ccc(-c2nc(CNCC3CC3)sc2C)cc1. The molecule has 1 heterocycles. The number of nitrogens with one attached hydrogen (secondary N) is 1. The molecule has 0 radical (unpaired) electrons. The van der Waals surface area contributed by atoms with Crippen LogP contribution in [0.5, 0.6) is 0 Å². The van der Waals surface area contributed by atoms with Crippen LogP contribution in [0, 0.1) is 12.8 Å². The predicted molar refractivity (Wildman–Crippen MR) is 86.1 cm³/mol. The van der Waals surface area contributed by atoms with E-state index in [0.717, 1.165) is 31.1 Å². The van der Waals surface area contributed by atoms with Gasteiger partial charge in [-0.25, -0.2) is 4.98 Å². The first kappa shape index (κ1) is 13.8. The molecule has 0 spiro atoms. The summed E-state index contributed by atoms with van der Waals surface area (Å²) in [5.74, 6) is 0.928. The fraction of sp³-hybridized carbons (Fsp3) is 0.471. The quantitative estimate of drug-likeness (QED) is 0.861. The van der Waals surface area contributed by atoms with Crippen LogP contribution in [0.2, 0.25) is 0 Å². The lowest BCUT2D eigenvalue weighted by molar-refractivity contribution is 0.637. The van der Waals surface area contributed by atoms with Crippen molar-refractivity contribution >= 4 is 11.3 Å². The van der Waals surface area contributed by atoms with Crippen LogP contribution in [0.1, 0.15) is 35.2 Å². The van der Waals surface area contributed by atoms with Crippen LogP contribution in [-0.2, 0) is 13.0 Å². The molecule has 0 atom stereocenters. The van der Waals surface area contributed by atoms with Gasteiger partial charge in [0.15, 0.2) is 0 Å². The van der Waals surface area contributed by atoms with Crippen molar-refractivity contribution in [2.75, 3.05) is 6.54 Å². The van der Waals surface area contributed by atoms with Gasteiger partial charge < -0.3 is 5.32 Å². The first-order chi connectivity index (χ1) is 9.76. The molecule has 0 aliphatic heterocycles. The zero-order chi connectivity index (χ0) is 13.9. The molecule has 3 heteroatoms. The van der Waals surface area contributed by atoms with Crippen molar-refractivity contribution < 1.29 is 0 Å². The van der Waals surface area contributed by atoms with Gasteiger partial charge in [-0.2, -0.15) is 0 Å². The first-order valence-corrected chi connectivity index (χ1v) is 8.34. The Kier molecular flexibility index (Phi) is 4.18. The average Bonchev–Trinajstić information content (AvgIpc) is 3.21. The van der Waals surface area contributed by atoms with Crippen molar-refractivity contribution in [1.82, 2.24) is 10.3 Å². The Morgan fingerprint density at radius 1 is 1.25 bits per heavy atom. The molecule has 1 aliphatic carbocycles. The molecule has 0 saturated heterocycles.